The minimum absolute atomic E-state index is 0.0398. The molecule has 0 bridgehead atoms. The Morgan fingerprint density at radius 1 is 1.12 bits per heavy atom. The van der Waals surface area contributed by atoms with Gasteiger partial charge in [-0.2, -0.15) is 0 Å². The fourth-order valence-corrected chi connectivity index (χ4v) is 3.50. The van der Waals surface area contributed by atoms with Gasteiger partial charge in [-0.05, 0) is 33.5 Å². The largest absolute Gasteiger partial charge is 0.291 e. The maximum Gasteiger partial charge on any atom is 0.217 e. The maximum absolute atomic E-state index is 12.3. The first-order chi connectivity index (χ1) is 15.7. The molecule has 0 aliphatic heterocycles. The third-order valence-electron chi connectivity index (χ3n) is 5.09. The van der Waals surface area contributed by atoms with Gasteiger partial charge in [0.1, 0.15) is 5.82 Å². The number of ketones is 1. The molecule has 4 aromatic rings. The van der Waals surface area contributed by atoms with E-state index in [1.54, 1.807) is 4.68 Å². The van der Waals surface area contributed by atoms with Gasteiger partial charge >= 0.3 is 0 Å². The van der Waals surface area contributed by atoms with Crippen molar-refractivity contribution in [3.05, 3.63) is 65.7 Å². The molecule has 160 valence electrons. The van der Waals surface area contributed by atoms with E-state index in [9.17, 15) is 4.79 Å². The third kappa shape index (κ3) is 4.62. The highest BCUT2D eigenvalue weighted by Crippen LogP contribution is 2.29. The zero-order valence-electron chi connectivity index (χ0n) is 17.8. The van der Waals surface area contributed by atoms with E-state index in [0.29, 0.717) is 31.6 Å². The monoisotopic (exact) mass is 425 g/mol. The van der Waals surface area contributed by atoms with Crippen molar-refractivity contribution in [1.29, 1.82) is 0 Å². The van der Waals surface area contributed by atoms with Crippen molar-refractivity contribution in [3.63, 3.8) is 0 Å². The molecule has 0 amide bonds. The number of tetrazole rings is 1. The molecule has 0 atom stereocenters. The van der Waals surface area contributed by atoms with Gasteiger partial charge in [-0.25, -0.2) is 14.8 Å². The Hall–Kier alpha value is -4.12. The van der Waals surface area contributed by atoms with Crippen molar-refractivity contribution in [3.8, 4) is 34.9 Å². The van der Waals surface area contributed by atoms with Crippen LogP contribution in [0.15, 0.2) is 48.5 Å². The standard InChI is InChI=1S/C24H23N7O/c1-3-5-11-22-25-24(21(32)8-4-2)28-31(22)16-17-12-14-18(15-13-17)19-9-6-7-10-20(19)23-26-29-30-27-23/h1,6-7,9-10,12-15H,4-5,8,11,16H2,2H3,(H,26,27,29,30). The van der Waals surface area contributed by atoms with Crippen LogP contribution in [-0.4, -0.2) is 41.2 Å². The highest BCUT2D eigenvalue weighted by molar-refractivity contribution is 5.92. The maximum atomic E-state index is 12.3. The molecule has 1 N–H and O–H groups in total. The molecule has 2 aromatic heterocycles. The second-order valence-corrected chi connectivity index (χ2v) is 7.38. The zero-order chi connectivity index (χ0) is 22.3. The van der Waals surface area contributed by atoms with Crippen LogP contribution < -0.4 is 0 Å². The number of nitrogens with one attached hydrogen (secondary N) is 1. The summed E-state index contributed by atoms with van der Waals surface area (Å²) < 4.78 is 1.78. The van der Waals surface area contributed by atoms with Gasteiger partial charge in [0.2, 0.25) is 11.6 Å². The Balaban J connectivity index is 1.59. The first-order valence-electron chi connectivity index (χ1n) is 10.5. The summed E-state index contributed by atoms with van der Waals surface area (Å²) in [6.07, 6.45) is 7.76. The Bertz CT molecular complexity index is 1230. The SMILES string of the molecule is C#CCCc1nc(C(=O)CCC)nn1Cc1ccc(-c2ccccc2-c2nnn[nH]2)cc1. The summed E-state index contributed by atoms with van der Waals surface area (Å²) in [5.74, 6) is 4.21. The Morgan fingerprint density at radius 3 is 2.59 bits per heavy atom. The number of nitrogens with zero attached hydrogens (tertiary/aromatic N) is 6. The summed E-state index contributed by atoms with van der Waals surface area (Å²) in [4.78, 5) is 16.7. The summed E-state index contributed by atoms with van der Waals surface area (Å²) in [6.45, 7) is 2.48. The average Bonchev–Trinajstić information content (AvgIpc) is 3.49. The van der Waals surface area contributed by atoms with Gasteiger partial charge in [0.15, 0.2) is 5.82 Å². The number of rotatable bonds is 9. The second kappa shape index (κ2) is 9.79. The molecule has 0 saturated carbocycles. The lowest BCUT2D eigenvalue weighted by atomic mass is 9.98. The number of aryl methyl sites for hydroxylation is 1. The van der Waals surface area contributed by atoms with Gasteiger partial charge in [-0.1, -0.05) is 55.5 Å². The molecule has 0 aliphatic carbocycles. The summed E-state index contributed by atoms with van der Waals surface area (Å²) in [5.41, 5.74) is 4.05. The van der Waals surface area contributed by atoms with Crippen LogP contribution in [0.25, 0.3) is 22.5 Å². The molecule has 2 aromatic carbocycles. The molecule has 8 heteroatoms. The fraction of sp³-hybridized carbons (Fsp3) is 0.250. The molecule has 0 fully saturated rings. The second-order valence-electron chi connectivity index (χ2n) is 7.38. The van der Waals surface area contributed by atoms with Gasteiger partial charge in [-0.15, -0.1) is 22.5 Å². The van der Waals surface area contributed by atoms with Gasteiger partial charge in [0.25, 0.3) is 0 Å². The number of aromatic amines is 1. The summed E-state index contributed by atoms with van der Waals surface area (Å²) in [6, 6.07) is 16.2. The average molecular weight is 425 g/mol. The van der Waals surface area contributed by atoms with Gasteiger partial charge in [0, 0.05) is 24.8 Å². The Morgan fingerprint density at radius 2 is 1.91 bits per heavy atom. The number of carbonyl (C=O) groups is 1. The van der Waals surface area contributed by atoms with Crippen molar-refractivity contribution in [2.75, 3.05) is 0 Å². The lowest BCUT2D eigenvalue weighted by molar-refractivity contribution is 0.0971. The van der Waals surface area contributed by atoms with Crippen molar-refractivity contribution in [2.45, 2.75) is 39.2 Å². The van der Waals surface area contributed by atoms with Crippen molar-refractivity contribution >= 4 is 5.78 Å². The molecular formula is C24H23N7O. The lowest BCUT2D eigenvalue weighted by Crippen LogP contribution is -2.08. The van der Waals surface area contributed by atoms with Crippen LogP contribution in [0.2, 0.25) is 0 Å². The van der Waals surface area contributed by atoms with Gasteiger partial charge in [0.05, 0.1) is 6.54 Å². The number of terminal acetylenes is 1. The summed E-state index contributed by atoms with van der Waals surface area (Å²) >= 11 is 0. The van der Waals surface area contributed by atoms with E-state index >= 15 is 0 Å². The molecule has 0 radical (unpaired) electrons. The summed E-state index contributed by atoms with van der Waals surface area (Å²) in [5, 5.41) is 18.7. The minimum Gasteiger partial charge on any atom is -0.291 e. The topological polar surface area (TPSA) is 102 Å². The molecule has 0 unspecified atom stereocenters. The molecule has 4 rings (SSSR count). The fourth-order valence-electron chi connectivity index (χ4n) is 3.50. The smallest absolute Gasteiger partial charge is 0.217 e. The predicted molar refractivity (Wildman–Crippen MR) is 121 cm³/mol. The molecule has 8 nitrogen and oxygen atoms in total. The number of hydrogen-bond acceptors (Lipinski definition) is 6. The quantitative estimate of drug-likeness (QED) is 0.324. The van der Waals surface area contributed by atoms with Crippen molar-refractivity contribution in [2.24, 2.45) is 0 Å². The van der Waals surface area contributed by atoms with Crippen LogP contribution in [0.1, 0.15) is 48.2 Å². The van der Waals surface area contributed by atoms with Crippen LogP contribution in [0.4, 0.5) is 0 Å². The normalized spacial score (nSPS) is 10.8. The first kappa shape index (κ1) is 21.1. The van der Waals surface area contributed by atoms with E-state index < -0.39 is 0 Å². The third-order valence-corrected chi connectivity index (χ3v) is 5.09. The van der Waals surface area contributed by atoms with Crippen LogP contribution in [0.3, 0.4) is 0 Å². The van der Waals surface area contributed by atoms with Gasteiger partial charge < -0.3 is 0 Å². The molecule has 32 heavy (non-hydrogen) atoms. The van der Waals surface area contributed by atoms with E-state index in [0.717, 1.165) is 34.5 Å². The summed E-state index contributed by atoms with van der Waals surface area (Å²) in [7, 11) is 0. The van der Waals surface area contributed by atoms with Crippen LogP contribution in [0, 0.1) is 12.3 Å². The van der Waals surface area contributed by atoms with E-state index in [-0.39, 0.29) is 11.6 Å². The number of aromatic nitrogens is 7. The molecule has 0 aliphatic rings. The van der Waals surface area contributed by atoms with Gasteiger partial charge in [-0.3, -0.25) is 4.79 Å². The van der Waals surface area contributed by atoms with E-state index in [2.05, 4.69) is 48.8 Å². The lowest BCUT2D eigenvalue weighted by Gasteiger charge is -2.09. The molecule has 0 saturated heterocycles. The minimum atomic E-state index is -0.0398. The number of benzene rings is 2. The molecule has 0 spiro atoms. The Labute approximate surface area is 186 Å². The van der Waals surface area contributed by atoms with Crippen molar-refractivity contribution in [1.82, 2.24) is 35.4 Å². The zero-order valence-corrected chi connectivity index (χ0v) is 17.8. The number of Topliss-reactive ketones (excluding diaryl/α,β-unsaturated/α-hetero) is 1. The predicted octanol–water partition coefficient (Wildman–Crippen LogP) is 3.72. The van der Waals surface area contributed by atoms with E-state index in [1.165, 1.54) is 0 Å². The van der Waals surface area contributed by atoms with Crippen LogP contribution in [-0.2, 0) is 13.0 Å². The Kier molecular flexibility index (Phi) is 6.46. The highest BCUT2D eigenvalue weighted by atomic mass is 16.1. The van der Waals surface area contributed by atoms with E-state index in [1.807, 2.05) is 43.3 Å². The van der Waals surface area contributed by atoms with Crippen LogP contribution in [0.5, 0.6) is 0 Å². The molecular weight excluding hydrogens is 402 g/mol. The number of hydrogen-bond donors (Lipinski definition) is 1. The van der Waals surface area contributed by atoms with E-state index in [4.69, 9.17) is 6.42 Å². The first-order valence-corrected chi connectivity index (χ1v) is 10.5. The molecule has 2 heterocycles. The highest BCUT2D eigenvalue weighted by Gasteiger charge is 2.16. The number of carbonyl (C=O) groups excluding carboxylic acids is 1. The van der Waals surface area contributed by atoms with Crippen LogP contribution >= 0.6 is 0 Å². The number of H-pyrrole nitrogens is 1. The van der Waals surface area contributed by atoms with Crippen molar-refractivity contribution < 1.29 is 4.79 Å².